The van der Waals surface area contributed by atoms with E-state index in [0.717, 1.165) is 30.7 Å². The molecule has 1 amide bonds. The molecule has 0 N–H and O–H groups in total. The number of carbonyl (C=O) groups excluding carboxylic acids is 1. The quantitative estimate of drug-likeness (QED) is 0.771. The zero-order valence-corrected chi connectivity index (χ0v) is 15.3. The van der Waals surface area contributed by atoms with Crippen LogP contribution in [0, 0.1) is 17.2 Å². The number of hydrogen-bond donors (Lipinski definition) is 0. The van der Waals surface area contributed by atoms with E-state index in [0.29, 0.717) is 31.2 Å². The summed E-state index contributed by atoms with van der Waals surface area (Å²) < 4.78 is 11.0. The van der Waals surface area contributed by atoms with E-state index in [-0.39, 0.29) is 12.7 Å². The van der Waals surface area contributed by atoms with Crippen molar-refractivity contribution in [2.45, 2.75) is 25.9 Å². The standard InChI is InChI=1S/C19H21N3O3S/c20-11-16-2-1-3-18(10-16)24-9-6-15-4-7-22(8-5-15)19(23)25-12-17-13-26-14-21-17/h1-3,10,13-15H,4-9,12H2. The summed E-state index contributed by atoms with van der Waals surface area (Å²) in [6, 6.07) is 9.31. The van der Waals surface area contributed by atoms with E-state index in [1.807, 2.05) is 17.5 Å². The second kappa shape index (κ2) is 9.20. The monoisotopic (exact) mass is 371 g/mol. The summed E-state index contributed by atoms with van der Waals surface area (Å²) in [4.78, 5) is 18.0. The molecule has 0 atom stereocenters. The fourth-order valence-corrected chi connectivity index (χ4v) is 3.48. The largest absolute Gasteiger partial charge is 0.494 e. The predicted molar refractivity (Wildman–Crippen MR) is 97.9 cm³/mol. The van der Waals surface area contributed by atoms with Crippen LogP contribution < -0.4 is 4.74 Å². The van der Waals surface area contributed by atoms with Gasteiger partial charge in [0.05, 0.1) is 29.4 Å². The van der Waals surface area contributed by atoms with Crippen LogP contribution in [0.5, 0.6) is 5.75 Å². The Morgan fingerprint density at radius 3 is 2.96 bits per heavy atom. The molecule has 0 saturated carbocycles. The first kappa shape index (κ1) is 18.2. The maximum atomic E-state index is 12.1. The summed E-state index contributed by atoms with van der Waals surface area (Å²) in [6.45, 7) is 2.28. The van der Waals surface area contributed by atoms with Crippen molar-refractivity contribution in [3.63, 3.8) is 0 Å². The van der Waals surface area contributed by atoms with E-state index in [1.54, 1.807) is 22.5 Å². The number of aromatic nitrogens is 1. The highest BCUT2D eigenvalue weighted by Crippen LogP contribution is 2.22. The highest BCUT2D eigenvalue weighted by Gasteiger charge is 2.23. The van der Waals surface area contributed by atoms with Crippen molar-refractivity contribution in [3.05, 3.63) is 46.4 Å². The number of nitriles is 1. The van der Waals surface area contributed by atoms with Gasteiger partial charge in [0.1, 0.15) is 12.4 Å². The minimum atomic E-state index is -0.263. The van der Waals surface area contributed by atoms with Crippen LogP contribution in [0.4, 0.5) is 4.79 Å². The van der Waals surface area contributed by atoms with Gasteiger partial charge in [0.25, 0.3) is 0 Å². The summed E-state index contributed by atoms with van der Waals surface area (Å²) >= 11 is 1.49. The third-order valence-electron chi connectivity index (χ3n) is 4.46. The summed E-state index contributed by atoms with van der Waals surface area (Å²) in [6.07, 6.45) is 2.58. The van der Waals surface area contributed by atoms with Gasteiger partial charge in [-0.15, -0.1) is 11.3 Å². The molecule has 1 aliphatic rings. The predicted octanol–water partition coefficient (Wildman–Crippen LogP) is 3.83. The van der Waals surface area contributed by atoms with E-state index in [4.69, 9.17) is 14.7 Å². The lowest BCUT2D eigenvalue weighted by Crippen LogP contribution is -2.39. The van der Waals surface area contributed by atoms with Gasteiger partial charge in [-0.05, 0) is 43.4 Å². The molecular weight excluding hydrogens is 350 g/mol. The summed E-state index contributed by atoms with van der Waals surface area (Å²) in [5.41, 5.74) is 3.12. The van der Waals surface area contributed by atoms with Crippen molar-refractivity contribution >= 4 is 17.4 Å². The Bertz CT molecular complexity index is 750. The first-order chi connectivity index (χ1) is 12.7. The second-order valence-corrected chi connectivity index (χ2v) is 6.96. The Labute approximate surface area is 157 Å². The fraction of sp³-hybridized carbons (Fsp3) is 0.421. The normalized spacial score (nSPS) is 14.7. The molecular formula is C19H21N3O3S. The lowest BCUT2D eigenvalue weighted by molar-refractivity contribution is 0.0792. The maximum absolute atomic E-state index is 12.1. The Balaban J connectivity index is 1.34. The number of rotatable bonds is 6. The molecule has 1 saturated heterocycles. The Morgan fingerprint density at radius 2 is 2.23 bits per heavy atom. The van der Waals surface area contributed by atoms with E-state index in [1.165, 1.54) is 11.3 Å². The smallest absolute Gasteiger partial charge is 0.410 e. The topological polar surface area (TPSA) is 75.5 Å². The lowest BCUT2D eigenvalue weighted by atomic mass is 9.94. The van der Waals surface area contributed by atoms with Crippen LogP contribution in [0.1, 0.15) is 30.5 Å². The summed E-state index contributed by atoms with van der Waals surface area (Å²) in [7, 11) is 0. The number of piperidine rings is 1. The third kappa shape index (κ3) is 5.20. The van der Waals surface area contributed by atoms with E-state index < -0.39 is 0 Å². The lowest BCUT2D eigenvalue weighted by Gasteiger charge is -2.31. The SMILES string of the molecule is N#Cc1cccc(OCCC2CCN(C(=O)OCc3cscn3)CC2)c1. The number of carbonyl (C=O) groups is 1. The molecule has 0 radical (unpaired) electrons. The third-order valence-corrected chi connectivity index (χ3v) is 5.09. The highest BCUT2D eigenvalue weighted by atomic mass is 32.1. The maximum Gasteiger partial charge on any atom is 0.410 e. The average Bonchev–Trinajstić information content (AvgIpc) is 3.20. The molecule has 2 aromatic rings. The van der Waals surface area contributed by atoms with Gasteiger partial charge in [0.2, 0.25) is 0 Å². The van der Waals surface area contributed by atoms with Gasteiger partial charge in [0, 0.05) is 18.5 Å². The molecule has 136 valence electrons. The fourth-order valence-electron chi connectivity index (χ4n) is 2.94. The number of hydrogen-bond acceptors (Lipinski definition) is 6. The van der Waals surface area contributed by atoms with Crippen LogP contribution in [0.15, 0.2) is 35.2 Å². The van der Waals surface area contributed by atoms with Crippen molar-refractivity contribution in [2.24, 2.45) is 5.92 Å². The summed E-state index contributed by atoms with van der Waals surface area (Å²) in [5.74, 6) is 1.27. The minimum absolute atomic E-state index is 0.234. The molecule has 0 aliphatic carbocycles. The van der Waals surface area contributed by atoms with Crippen molar-refractivity contribution < 1.29 is 14.3 Å². The average molecular weight is 371 g/mol. The number of amides is 1. The van der Waals surface area contributed by atoms with Gasteiger partial charge in [-0.25, -0.2) is 9.78 Å². The molecule has 3 rings (SSSR count). The summed E-state index contributed by atoms with van der Waals surface area (Å²) in [5, 5.41) is 10.8. The van der Waals surface area contributed by atoms with Crippen LogP contribution in [0.2, 0.25) is 0 Å². The van der Waals surface area contributed by atoms with Gasteiger partial charge in [0.15, 0.2) is 0 Å². The highest BCUT2D eigenvalue weighted by molar-refractivity contribution is 7.07. The molecule has 1 aromatic heterocycles. The zero-order valence-electron chi connectivity index (χ0n) is 14.5. The molecule has 0 unspecified atom stereocenters. The van der Waals surface area contributed by atoms with Gasteiger partial charge in [-0.3, -0.25) is 0 Å². The number of likely N-dealkylation sites (tertiary alicyclic amines) is 1. The van der Waals surface area contributed by atoms with Crippen molar-refractivity contribution in [1.29, 1.82) is 5.26 Å². The van der Waals surface area contributed by atoms with Crippen LogP contribution in [-0.2, 0) is 11.3 Å². The molecule has 6 nitrogen and oxygen atoms in total. The Morgan fingerprint density at radius 1 is 1.38 bits per heavy atom. The first-order valence-electron chi connectivity index (χ1n) is 8.66. The molecule has 1 aromatic carbocycles. The first-order valence-corrected chi connectivity index (χ1v) is 9.60. The van der Waals surface area contributed by atoms with Crippen LogP contribution >= 0.6 is 11.3 Å². The van der Waals surface area contributed by atoms with Gasteiger partial charge in [-0.2, -0.15) is 5.26 Å². The van der Waals surface area contributed by atoms with Crippen LogP contribution in [0.3, 0.4) is 0 Å². The molecule has 26 heavy (non-hydrogen) atoms. The van der Waals surface area contributed by atoms with E-state index in [9.17, 15) is 4.79 Å². The Hall–Kier alpha value is -2.59. The second-order valence-electron chi connectivity index (χ2n) is 6.24. The van der Waals surface area contributed by atoms with Gasteiger partial charge < -0.3 is 14.4 Å². The number of nitrogens with zero attached hydrogens (tertiary/aromatic N) is 3. The molecule has 7 heteroatoms. The molecule has 2 heterocycles. The number of thiazole rings is 1. The van der Waals surface area contributed by atoms with E-state index >= 15 is 0 Å². The molecule has 1 aliphatic heterocycles. The van der Waals surface area contributed by atoms with Crippen molar-refractivity contribution in [3.8, 4) is 11.8 Å². The number of ether oxygens (including phenoxy) is 2. The zero-order chi connectivity index (χ0) is 18.2. The molecule has 0 spiro atoms. The van der Waals surface area contributed by atoms with Crippen LogP contribution in [0.25, 0.3) is 0 Å². The van der Waals surface area contributed by atoms with Crippen molar-refractivity contribution in [2.75, 3.05) is 19.7 Å². The van der Waals surface area contributed by atoms with Crippen LogP contribution in [-0.4, -0.2) is 35.7 Å². The number of benzene rings is 1. The molecule has 0 bridgehead atoms. The Kier molecular flexibility index (Phi) is 6.45. The van der Waals surface area contributed by atoms with E-state index in [2.05, 4.69) is 11.1 Å². The minimum Gasteiger partial charge on any atom is -0.494 e. The van der Waals surface area contributed by atoms with Gasteiger partial charge >= 0.3 is 6.09 Å². The van der Waals surface area contributed by atoms with Gasteiger partial charge in [-0.1, -0.05) is 6.07 Å². The molecule has 1 fully saturated rings. The van der Waals surface area contributed by atoms with Crippen molar-refractivity contribution in [1.82, 2.24) is 9.88 Å².